The van der Waals surface area contributed by atoms with E-state index in [4.69, 9.17) is 0 Å². The van der Waals surface area contributed by atoms with Crippen LogP contribution < -0.4 is 11.2 Å². The smallest absolute Gasteiger partial charge is 0.332 e. The van der Waals surface area contributed by atoms with Crippen LogP contribution in [0.25, 0.3) is 21.0 Å². The molecular formula is C26H27N3O4S. The van der Waals surface area contributed by atoms with Crippen molar-refractivity contribution < 1.29 is 9.90 Å². The summed E-state index contributed by atoms with van der Waals surface area (Å²) < 4.78 is 8.59. The van der Waals surface area contributed by atoms with E-state index in [0.717, 1.165) is 46.2 Å². The first-order valence-electron chi connectivity index (χ1n) is 11.6. The van der Waals surface area contributed by atoms with Gasteiger partial charge in [-0.15, -0.1) is 0 Å². The Labute approximate surface area is 200 Å². The van der Waals surface area contributed by atoms with Gasteiger partial charge in [0.25, 0.3) is 5.56 Å². The average Bonchev–Trinajstić information content (AvgIpc) is 3.19. The van der Waals surface area contributed by atoms with Gasteiger partial charge in [-0.2, -0.15) is 4.37 Å². The molecule has 176 valence electrons. The number of aliphatic carboxylic acids is 1. The van der Waals surface area contributed by atoms with Gasteiger partial charge in [-0.1, -0.05) is 37.5 Å². The maximum absolute atomic E-state index is 14.0. The normalized spacial score (nSPS) is 15.7. The Morgan fingerprint density at radius 3 is 2.59 bits per heavy atom. The predicted molar refractivity (Wildman–Crippen MR) is 134 cm³/mol. The fourth-order valence-electron chi connectivity index (χ4n) is 5.64. The number of rotatable bonds is 5. The van der Waals surface area contributed by atoms with Gasteiger partial charge in [-0.25, -0.2) is 4.79 Å². The van der Waals surface area contributed by atoms with Crippen molar-refractivity contribution in [2.75, 3.05) is 0 Å². The molecule has 5 rings (SSSR count). The molecule has 4 aromatic rings. The molecule has 0 aliphatic heterocycles. The van der Waals surface area contributed by atoms with E-state index >= 15 is 0 Å². The minimum absolute atomic E-state index is 0.215. The highest BCUT2D eigenvalue weighted by molar-refractivity contribution is 7.13. The summed E-state index contributed by atoms with van der Waals surface area (Å²) in [5, 5.41) is 11.2. The van der Waals surface area contributed by atoms with Crippen LogP contribution in [-0.2, 0) is 16.9 Å². The molecule has 34 heavy (non-hydrogen) atoms. The highest BCUT2D eigenvalue weighted by atomic mass is 32.1. The average molecular weight is 478 g/mol. The van der Waals surface area contributed by atoms with Crippen molar-refractivity contribution >= 4 is 38.5 Å². The third kappa shape index (κ3) is 3.66. The lowest BCUT2D eigenvalue weighted by atomic mass is 9.79. The van der Waals surface area contributed by atoms with E-state index in [1.807, 2.05) is 19.9 Å². The molecule has 1 aliphatic carbocycles. The number of hydrogen-bond acceptors (Lipinski definition) is 5. The molecule has 1 aliphatic rings. The first kappa shape index (κ1) is 22.5. The van der Waals surface area contributed by atoms with Gasteiger partial charge in [0.05, 0.1) is 39.8 Å². The number of carboxylic acids is 1. The molecule has 2 heterocycles. The first-order valence-corrected chi connectivity index (χ1v) is 12.4. The third-order valence-electron chi connectivity index (χ3n) is 7.08. The number of benzene rings is 2. The third-order valence-corrected chi connectivity index (χ3v) is 7.91. The number of aryl methyl sites for hydroxylation is 2. The summed E-state index contributed by atoms with van der Waals surface area (Å²) in [6, 6.07) is 11.3. The first-order chi connectivity index (χ1) is 16.3. The van der Waals surface area contributed by atoms with Gasteiger partial charge in [-0.05, 0) is 67.5 Å². The molecule has 2 aromatic carbocycles. The van der Waals surface area contributed by atoms with Gasteiger partial charge in [0.15, 0.2) is 0 Å². The molecule has 0 spiro atoms. The molecule has 0 saturated heterocycles. The van der Waals surface area contributed by atoms with Crippen molar-refractivity contribution in [1.82, 2.24) is 13.5 Å². The highest BCUT2D eigenvalue weighted by Crippen LogP contribution is 2.36. The van der Waals surface area contributed by atoms with Crippen LogP contribution in [0, 0.1) is 13.8 Å². The van der Waals surface area contributed by atoms with E-state index in [9.17, 15) is 19.5 Å². The van der Waals surface area contributed by atoms with E-state index < -0.39 is 22.8 Å². The Hall–Kier alpha value is -3.26. The van der Waals surface area contributed by atoms with E-state index in [2.05, 4.69) is 16.5 Å². The molecule has 0 atom stereocenters. The van der Waals surface area contributed by atoms with Crippen LogP contribution in [0.5, 0.6) is 0 Å². The van der Waals surface area contributed by atoms with E-state index in [1.54, 1.807) is 22.8 Å². The summed E-state index contributed by atoms with van der Waals surface area (Å²) in [6.45, 7) is 4.30. The van der Waals surface area contributed by atoms with Crippen LogP contribution >= 0.6 is 11.5 Å². The maximum atomic E-state index is 14.0. The van der Waals surface area contributed by atoms with Crippen molar-refractivity contribution in [3.8, 4) is 0 Å². The topological polar surface area (TPSA) is 94.2 Å². The molecule has 1 fully saturated rings. The SMILES string of the molecule is Cc1cc(C)c2c(Cn3c(=O)n(C4(CC(=O)O)CCCCC4)c(=O)c4ccccc43)nsc2c1. The second kappa shape index (κ2) is 8.51. The second-order valence-electron chi connectivity index (χ2n) is 9.47. The van der Waals surface area contributed by atoms with Crippen molar-refractivity contribution in [3.05, 3.63) is 74.1 Å². The van der Waals surface area contributed by atoms with E-state index in [0.29, 0.717) is 23.7 Å². The van der Waals surface area contributed by atoms with E-state index in [1.165, 1.54) is 16.1 Å². The molecule has 0 unspecified atom stereocenters. The number of fused-ring (bicyclic) bond motifs is 2. The number of aromatic nitrogens is 3. The molecular weight excluding hydrogens is 450 g/mol. The Balaban J connectivity index is 1.78. The van der Waals surface area contributed by atoms with E-state index in [-0.39, 0.29) is 13.0 Å². The molecule has 7 nitrogen and oxygen atoms in total. The van der Waals surface area contributed by atoms with Crippen LogP contribution in [0.1, 0.15) is 55.3 Å². The van der Waals surface area contributed by atoms with Crippen LogP contribution in [0.2, 0.25) is 0 Å². The second-order valence-corrected chi connectivity index (χ2v) is 10.3. The standard InChI is InChI=1S/C26H27N3O4S/c1-16-12-17(2)23-19(27-34-21(23)13-16)15-28-20-9-5-4-8-18(20)24(32)29(25(28)33)26(14-22(30)31)10-6-3-7-11-26/h4-5,8-9,12-13H,3,6-7,10-11,14-15H2,1-2H3,(H,30,31). The number of hydrogen-bond donors (Lipinski definition) is 1. The number of carboxylic acid groups (broad SMARTS) is 1. The summed E-state index contributed by atoms with van der Waals surface area (Å²) in [7, 11) is 0. The molecule has 0 amide bonds. The van der Waals surface area contributed by atoms with Crippen molar-refractivity contribution in [3.63, 3.8) is 0 Å². The quantitative estimate of drug-likeness (QED) is 0.454. The minimum atomic E-state index is -1.01. The number of carbonyl (C=O) groups is 1. The fraction of sp³-hybridized carbons (Fsp3) is 0.385. The summed E-state index contributed by atoms with van der Waals surface area (Å²) >= 11 is 1.40. The Morgan fingerprint density at radius 2 is 1.85 bits per heavy atom. The van der Waals surface area contributed by atoms with Crippen LogP contribution in [0.3, 0.4) is 0 Å². The van der Waals surface area contributed by atoms with Crippen LogP contribution in [0.15, 0.2) is 46.0 Å². The van der Waals surface area contributed by atoms with Crippen LogP contribution in [-0.4, -0.2) is 24.6 Å². The van der Waals surface area contributed by atoms with Crippen molar-refractivity contribution in [2.45, 2.75) is 64.5 Å². The van der Waals surface area contributed by atoms with Crippen molar-refractivity contribution in [2.24, 2.45) is 0 Å². The minimum Gasteiger partial charge on any atom is -0.481 e. The van der Waals surface area contributed by atoms with Gasteiger partial charge in [-0.3, -0.25) is 18.7 Å². The van der Waals surface area contributed by atoms with Gasteiger partial charge < -0.3 is 5.11 Å². The molecule has 2 aromatic heterocycles. The summed E-state index contributed by atoms with van der Waals surface area (Å²) in [4.78, 5) is 39.5. The lowest BCUT2D eigenvalue weighted by molar-refractivity contribution is -0.140. The lowest BCUT2D eigenvalue weighted by Crippen LogP contribution is -2.53. The van der Waals surface area contributed by atoms with Gasteiger partial charge in [0, 0.05) is 5.39 Å². The van der Waals surface area contributed by atoms with Crippen LogP contribution in [0.4, 0.5) is 0 Å². The Bertz CT molecular complexity index is 1540. The van der Waals surface area contributed by atoms with Gasteiger partial charge >= 0.3 is 11.7 Å². The lowest BCUT2D eigenvalue weighted by Gasteiger charge is -2.37. The van der Waals surface area contributed by atoms with Crippen molar-refractivity contribution in [1.29, 1.82) is 0 Å². The maximum Gasteiger partial charge on any atom is 0.332 e. The zero-order chi connectivity index (χ0) is 24.0. The zero-order valence-electron chi connectivity index (χ0n) is 19.3. The Kier molecular flexibility index (Phi) is 5.64. The van der Waals surface area contributed by atoms with Gasteiger partial charge in [0.1, 0.15) is 0 Å². The number of para-hydroxylation sites is 1. The highest BCUT2D eigenvalue weighted by Gasteiger charge is 2.39. The zero-order valence-corrected chi connectivity index (χ0v) is 20.2. The summed E-state index contributed by atoms with van der Waals surface area (Å²) in [6.07, 6.45) is 3.33. The molecule has 0 radical (unpaired) electrons. The Morgan fingerprint density at radius 1 is 1.12 bits per heavy atom. The summed E-state index contributed by atoms with van der Waals surface area (Å²) in [5.41, 5.74) is 1.70. The molecule has 1 N–H and O–H groups in total. The molecule has 1 saturated carbocycles. The number of nitrogens with zero attached hydrogens (tertiary/aromatic N) is 3. The largest absolute Gasteiger partial charge is 0.481 e. The fourth-order valence-corrected chi connectivity index (χ4v) is 6.61. The molecule has 8 heteroatoms. The summed E-state index contributed by atoms with van der Waals surface area (Å²) in [5.74, 6) is -0.996. The predicted octanol–water partition coefficient (Wildman–Crippen LogP) is 4.57. The van der Waals surface area contributed by atoms with Gasteiger partial charge in [0.2, 0.25) is 0 Å². The monoisotopic (exact) mass is 477 g/mol. The molecule has 0 bridgehead atoms.